The minimum absolute atomic E-state index is 0.0586. The Bertz CT molecular complexity index is 840. The zero-order valence-electron chi connectivity index (χ0n) is 14.7. The van der Waals surface area contributed by atoms with E-state index in [4.69, 9.17) is 22.1 Å². The molecule has 0 spiro atoms. The zero-order chi connectivity index (χ0) is 18.1. The standard InChI is InChI=1S/C19H23FN4OS/c1-2-9-23-18(15-3-4-15)21-24(19(23)26)13-22-10-11-25-17(12-22)14-5-7-16(20)8-6-14/h2,5-8,15,17H,1,3-4,9-13H2. The number of hydrogen-bond acceptors (Lipinski definition) is 4. The fraction of sp³-hybridized carbons (Fsp3) is 0.474. The Morgan fingerprint density at radius 1 is 1.31 bits per heavy atom. The van der Waals surface area contributed by atoms with Crippen LogP contribution in [-0.4, -0.2) is 38.9 Å². The summed E-state index contributed by atoms with van der Waals surface area (Å²) in [6.07, 6.45) is 4.18. The molecule has 2 aromatic rings. The molecule has 0 amide bonds. The van der Waals surface area contributed by atoms with E-state index < -0.39 is 0 Å². The maximum atomic E-state index is 13.2. The van der Waals surface area contributed by atoms with E-state index in [1.54, 1.807) is 12.1 Å². The van der Waals surface area contributed by atoms with Crippen LogP contribution in [0.5, 0.6) is 0 Å². The van der Waals surface area contributed by atoms with E-state index in [9.17, 15) is 4.39 Å². The van der Waals surface area contributed by atoms with Crippen molar-refractivity contribution in [1.82, 2.24) is 19.2 Å². The van der Waals surface area contributed by atoms with Gasteiger partial charge in [-0.3, -0.25) is 9.47 Å². The summed E-state index contributed by atoms with van der Waals surface area (Å²) >= 11 is 5.65. The van der Waals surface area contributed by atoms with E-state index in [0.717, 1.165) is 29.2 Å². The summed E-state index contributed by atoms with van der Waals surface area (Å²) in [5.74, 6) is 1.39. The number of morpholine rings is 1. The highest BCUT2D eigenvalue weighted by Gasteiger charge is 2.30. The van der Waals surface area contributed by atoms with E-state index in [2.05, 4.69) is 16.0 Å². The van der Waals surface area contributed by atoms with Crippen LogP contribution in [0.15, 0.2) is 36.9 Å². The van der Waals surface area contributed by atoms with E-state index in [-0.39, 0.29) is 11.9 Å². The second kappa shape index (κ2) is 7.42. The Morgan fingerprint density at radius 2 is 2.08 bits per heavy atom. The van der Waals surface area contributed by atoms with Crippen molar-refractivity contribution in [2.24, 2.45) is 0 Å². The van der Waals surface area contributed by atoms with E-state index in [0.29, 0.717) is 25.7 Å². The van der Waals surface area contributed by atoms with Gasteiger partial charge in [-0.2, -0.15) is 5.10 Å². The SMILES string of the molecule is C=CCn1c(C2CC2)nn(CN2CCOC(c3ccc(F)cc3)C2)c1=S. The predicted molar refractivity (Wildman–Crippen MR) is 99.9 cm³/mol. The van der Waals surface area contributed by atoms with Crippen molar-refractivity contribution in [3.63, 3.8) is 0 Å². The highest BCUT2D eigenvalue weighted by atomic mass is 32.1. The normalized spacial score (nSPS) is 21.0. The molecule has 2 fully saturated rings. The maximum absolute atomic E-state index is 13.2. The average molecular weight is 374 g/mol. The van der Waals surface area contributed by atoms with Crippen molar-refractivity contribution in [1.29, 1.82) is 0 Å². The summed E-state index contributed by atoms with van der Waals surface area (Å²) in [5.41, 5.74) is 0.996. The molecule has 1 aromatic carbocycles. The second-order valence-electron chi connectivity index (χ2n) is 6.94. The van der Waals surface area contributed by atoms with Gasteiger partial charge in [-0.1, -0.05) is 18.2 Å². The van der Waals surface area contributed by atoms with Gasteiger partial charge in [0.2, 0.25) is 0 Å². The molecule has 1 unspecified atom stereocenters. The summed E-state index contributed by atoms with van der Waals surface area (Å²) in [7, 11) is 0. The van der Waals surface area contributed by atoms with Gasteiger partial charge < -0.3 is 4.74 Å². The minimum Gasteiger partial charge on any atom is -0.371 e. The first-order valence-electron chi connectivity index (χ1n) is 9.03. The van der Waals surface area contributed by atoms with Gasteiger partial charge >= 0.3 is 0 Å². The number of ether oxygens (including phenoxy) is 1. The van der Waals surface area contributed by atoms with Gasteiger partial charge in [0.15, 0.2) is 4.77 Å². The highest BCUT2D eigenvalue weighted by Crippen LogP contribution is 2.39. The third-order valence-corrected chi connectivity index (χ3v) is 5.36. The monoisotopic (exact) mass is 374 g/mol. The molecule has 1 aromatic heterocycles. The van der Waals surface area contributed by atoms with E-state index in [1.807, 2.05) is 10.8 Å². The number of rotatable bonds is 6. The van der Waals surface area contributed by atoms with Crippen molar-refractivity contribution in [3.8, 4) is 0 Å². The number of aromatic nitrogens is 3. The quantitative estimate of drug-likeness (QED) is 0.571. The van der Waals surface area contributed by atoms with Crippen molar-refractivity contribution in [3.05, 3.63) is 58.9 Å². The van der Waals surface area contributed by atoms with Gasteiger partial charge in [-0.05, 0) is 42.8 Å². The van der Waals surface area contributed by atoms with Crippen LogP contribution in [0.2, 0.25) is 0 Å². The Kier molecular flexibility index (Phi) is 5.02. The van der Waals surface area contributed by atoms with Crippen LogP contribution in [0.25, 0.3) is 0 Å². The average Bonchev–Trinajstić information content (AvgIpc) is 3.45. The molecule has 1 aliphatic heterocycles. The fourth-order valence-electron chi connectivity index (χ4n) is 3.39. The molecule has 5 nitrogen and oxygen atoms in total. The van der Waals surface area contributed by atoms with Gasteiger partial charge in [0.05, 0.1) is 19.4 Å². The summed E-state index contributed by atoms with van der Waals surface area (Å²) in [6.45, 7) is 7.38. The van der Waals surface area contributed by atoms with Crippen LogP contribution >= 0.6 is 12.2 Å². The molecule has 26 heavy (non-hydrogen) atoms. The highest BCUT2D eigenvalue weighted by molar-refractivity contribution is 7.71. The summed E-state index contributed by atoms with van der Waals surface area (Å²) in [5, 5.41) is 4.79. The van der Waals surface area contributed by atoms with E-state index in [1.165, 1.54) is 25.0 Å². The number of nitrogens with zero attached hydrogens (tertiary/aromatic N) is 4. The lowest BCUT2D eigenvalue weighted by Gasteiger charge is -2.32. The Morgan fingerprint density at radius 3 is 2.77 bits per heavy atom. The molecule has 1 aliphatic carbocycles. The molecule has 4 rings (SSSR count). The molecular weight excluding hydrogens is 351 g/mol. The molecule has 0 radical (unpaired) electrons. The Balaban J connectivity index is 1.50. The second-order valence-corrected chi connectivity index (χ2v) is 7.31. The third kappa shape index (κ3) is 3.65. The van der Waals surface area contributed by atoms with E-state index >= 15 is 0 Å². The first-order valence-corrected chi connectivity index (χ1v) is 9.44. The van der Waals surface area contributed by atoms with Crippen LogP contribution in [0.1, 0.15) is 36.3 Å². The molecule has 1 saturated carbocycles. The fourth-order valence-corrected chi connectivity index (χ4v) is 3.66. The van der Waals surface area contributed by atoms with Gasteiger partial charge in [0.25, 0.3) is 0 Å². The van der Waals surface area contributed by atoms with Gasteiger partial charge in [0, 0.05) is 25.6 Å². The van der Waals surface area contributed by atoms with Gasteiger partial charge in [0.1, 0.15) is 11.6 Å². The van der Waals surface area contributed by atoms with Crippen LogP contribution in [0.4, 0.5) is 4.39 Å². The first-order chi connectivity index (χ1) is 12.7. The molecule has 2 heterocycles. The minimum atomic E-state index is -0.229. The van der Waals surface area contributed by atoms with Crippen LogP contribution < -0.4 is 0 Å². The lowest BCUT2D eigenvalue weighted by Crippen LogP contribution is -2.39. The number of halogens is 1. The van der Waals surface area contributed by atoms with Crippen LogP contribution in [0.3, 0.4) is 0 Å². The number of allylic oxidation sites excluding steroid dienone is 1. The lowest BCUT2D eigenvalue weighted by molar-refractivity contribution is -0.0419. The molecule has 0 N–H and O–H groups in total. The summed E-state index contributed by atoms with van der Waals surface area (Å²) in [6, 6.07) is 6.54. The van der Waals surface area contributed by atoms with Crippen LogP contribution in [-0.2, 0) is 18.0 Å². The predicted octanol–water partition coefficient (Wildman–Crippen LogP) is 3.65. The summed E-state index contributed by atoms with van der Waals surface area (Å²) < 4.78 is 23.8. The topological polar surface area (TPSA) is 35.2 Å². The third-order valence-electron chi connectivity index (χ3n) is 4.93. The van der Waals surface area contributed by atoms with Gasteiger partial charge in [-0.25, -0.2) is 9.07 Å². The molecule has 1 atom stereocenters. The van der Waals surface area contributed by atoms with Crippen molar-refractivity contribution < 1.29 is 9.13 Å². The Labute approximate surface area is 157 Å². The Hall–Kier alpha value is -1.83. The van der Waals surface area contributed by atoms with Crippen molar-refractivity contribution in [2.45, 2.75) is 38.1 Å². The molecule has 138 valence electrons. The lowest BCUT2D eigenvalue weighted by atomic mass is 10.1. The molecule has 0 bridgehead atoms. The molecule has 7 heteroatoms. The number of benzene rings is 1. The maximum Gasteiger partial charge on any atom is 0.199 e. The van der Waals surface area contributed by atoms with Crippen molar-refractivity contribution in [2.75, 3.05) is 19.7 Å². The van der Waals surface area contributed by atoms with Crippen molar-refractivity contribution >= 4 is 12.2 Å². The molecule has 1 saturated heterocycles. The largest absolute Gasteiger partial charge is 0.371 e. The number of hydrogen-bond donors (Lipinski definition) is 0. The zero-order valence-corrected chi connectivity index (χ0v) is 15.5. The summed E-state index contributed by atoms with van der Waals surface area (Å²) in [4.78, 5) is 2.29. The smallest absolute Gasteiger partial charge is 0.199 e. The van der Waals surface area contributed by atoms with Crippen LogP contribution in [0, 0.1) is 10.6 Å². The van der Waals surface area contributed by atoms with Gasteiger partial charge in [-0.15, -0.1) is 6.58 Å². The molecular formula is C19H23FN4OS. The molecule has 2 aliphatic rings. The first kappa shape index (κ1) is 17.6.